The van der Waals surface area contributed by atoms with Crippen molar-refractivity contribution in [2.24, 2.45) is 0 Å². The fraction of sp³-hybridized carbons (Fsp3) is 0.333. The van der Waals surface area contributed by atoms with E-state index in [1.807, 2.05) is 6.92 Å². The lowest BCUT2D eigenvalue weighted by atomic mass is 10.2. The molecule has 0 radical (unpaired) electrons. The van der Waals surface area contributed by atoms with Crippen LogP contribution in [0, 0.1) is 5.82 Å². The molecule has 138 valence electrons. The van der Waals surface area contributed by atoms with Gasteiger partial charge >= 0.3 is 5.97 Å². The maximum absolute atomic E-state index is 13.1. The Bertz CT molecular complexity index is 847. The summed E-state index contributed by atoms with van der Waals surface area (Å²) in [5, 5.41) is 6.55. The van der Waals surface area contributed by atoms with Crippen molar-refractivity contribution in [1.29, 1.82) is 0 Å². The summed E-state index contributed by atoms with van der Waals surface area (Å²) >= 11 is 0. The van der Waals surface area contributed by atoms with Crippen LogP contribution in [0.15, 0.2) is 35.1 Å². The Hall–Kier alpha value is -3.03. The highest BCUT2D eigenvalue weighted by Gasteiger charge is 2.20. The van der Waals surface area contributed by atoms with Crippen LogP contribution in [0.25, 0.3) is 5.69 Å². The van der Waals surface area contributed by atoms with Crippen molar-refractivity contribution in [3.63, 3.8) is 0 Å². The van der Waals surface area contributed by atoms with Gasteiger partial charge in [0.1, 0.15) is 5.82 Å². The number of carbonyl (C=O) groups is 2. The minimum Gasteiger partial charge on any atom is -0.461 e. The largest absolute Gasteiger partial charge is 0.461 e. The highest BCUT2D eigenvalue weighted by molar-refractivity contribution is 5.99. The maximum atomic E-state index is 13.1. The van der Waals surface area contributed by atoms with Crippen LogP contribution >= 0.6 is 0 Å². The number of unbranched alkanes of at least 4 members (excludes halogenated alkanes) is 1. The van der Waals surface area contributed by atoms with E-state index in [0.29, 0.717) is 6.42 Å². The number of nitrogens with one attached hydrogen (secondary N) is 1. The molecule has 1 N–H and O–H groups in total. The van der Waals surface area contributed by atoms with Gasteiger partial charge in [-0.05, 0) is 37.6 Å². The number of hydrogen-bond donors (Lipinski definition) is 1. The molecular weight excluding hydrogens is 341 g/mol. The average molecular weight is 361 g/mol. The van der Waals surface area contributed by atoms with Gasteiger partial charge in [-0.15, -0.1) is 0 Å². The Labute approximate surface area is 149 Å². The van der Waals surface area contributed by atoms with Crippen molar-refractivity contribution in [2.45, 2.75) is 33.1 Å². The number of ether oxygens (including phenoxy) is 1. The molecule has 8 heteroatoms. The standard InChI is InChI=1S/C18H20FN3O4/c1-3-5-6-15(23)20-14-11-16(24)22(13-9-7-12(19)8-10-13)21-17(14)18(25)26-4-2/h7-11H,3-6H2,1-2H3,(H,20,23). The number of rotatable bonds is 7. The summed E-state index contributed by atoms with van der Waals surface area (Å²) in [6.07, 6.45) is 1.78. The summed E-state index contributed by atoms with van der Waals surface area (Å²) in [6.45, 7) is 3.69. The fourth-order valence-electron chi connectivity index (χ4n) is 2.22. The van der Waals surface area contributed by atoms with Crippen LogP contribution in [0.4, 0.5) is 10.1 Å². The Balaban J connectivity index is 2.46. The fourth-order valence-corrected chi connectivity index (χ4v) is 2.22. The summed E-state index contributed by atoms with van der Waals surface area (Å²) in [5.74, 6) is -1.56. The maximum Gasteiger partial charge on any atom is 0.360 e. The zero-order chi connectivity index (χ0) is 19.1. The monoisotopic (exact) mass is 361 g/mol. The summed E-state index contributed by atoms with van der Waals surface area (Å²) in [5.41, 5.74) is -0.491. The van der Waals surface area contributed by atoms with Crippen molar-refractivity contribution >= 4 is 17.6 Å². The number of halogens is 1. The van der Waals surface area contributed by atoms with Crippen molar-refractivity contribution < 1.29 is 18.7 Å². The third kappa shape index (κ3) is 4.75. The van der Waals surface area contributed by atoms with E-state index in [1.165, 1.54) is 24.3 Å². The van der Waals surface area contributed by atoms with Gasteiger partial charge in [-0.3, -0.25) is 9.59 Å². The molecule has 0 atom stereocenters. The Kier molecular flexibility index (Phi) is 6.60. The molecule has 2 aromatic rings. The molecule has 0 aliphatic carbocycles. The third-order valence-electron chi connectivity index (χ3n) is 3.50. The molecule has 0 bridgehead atoms. The predicted molar refractivity (Wildman–Crippen MR) is 93.9 cm³/mol. The highest BCUT2D eigenvalue weighted by Crippen LogP contribution is 2.15. The smallest absolute Gasteiger partial charge is 0.360 e. The van der Waals surface area contributed by atoms with Gasteiger partial charge in [-0.25, -0.2) is 9.18 Å². The first kappa shape index (κ1) is 19.3. The SMILES string of the molecule is CCCCC(=O)Nc1cc(=O)n(-c2ccc(F)cc2)nc1C(=O)OCC. The van der Waals surface area contributed by atoms with Crippen LogP contribution in [0.5, 0.6) is 0 Å². The zero-order valence-corrected chi connectivity index (χ0v) is 14.6. The molecule has 0 fully saturated rings. The van der Waals surface area contributed by atoms with Crippen molar-refractivity contribution in [3.8, 4) is 5.69 Å². The number of hydrogen-bond acceptors (Lipinski definition) is 5. The molecule has 1 amide bonds. The van der Waals surface area contributed by atoms with E-state index in [1.54, 1.807) is 6.92 Å². The van der Waals surface area contributed by atoms with Crippen molar-refractivity contribution in [2.75, 3.05) is 11.9 Å². The van der Waals surface area contributed by atoms with Crippen LogP contribution < -0.4 is 10.9 Å². The van der Waals surface area contributed by atoms with Crippen LogP contribution in [0.1, 0.15) is 43.6 Å². The van der Waals surface area contributed by atoms with Gasteiger partial charge in [0.2, 0.25) is 5.91 Å². The molecule has 0 aliphatic heterocycles. The minimum atomic E-state index is -0.769. The molecule has 2 rings (SSSR count). The molecule has 0 unspecified atom stereocenters. The second kappa shape index (κ2) is 8.89. The van der Waals surface area contributed by atoms with Gasteiger partial charge < -0.3 is 10.1 Å². The van der Waals surface area contributed by atoms with Crippen LogP contribution in [-0.4, -0.2) is 28.3 Å². The summed E-state index contributed by atoms with van der Waals surface area (Å²) in [7, 11) is 0. The summed E-state index contributed by atoms with van der Waals surface area (Å²) < 4.78 is 19.0. The lowest BCUT2D eigenvalue weighted by molar-refractivity contribution is -0.116. The van der Waals surface area contributed by atoms with Gasteiger partial charge in [0, 0.05) is 12.5 Å². The number of carbonyl (C=O) groups excluding carboxylic acids is 2. The van der Waals surface area contributed by atoms with E-state index in [-0.39, 0.29) is 36.0 Å². The predicted octanol–water partition coefficient (Wildman–Crippen LogP) is 2.68. The Morgan fingerprint density at radius 3 is 2.54 bits per heavy atom. The molecule has 0 aliphatic rings. The van der Waals surface area contributed by atoms with E-state index < -0.39 is 17.3 Å². The van der Waals surface area contributed by atoms with E-state index in [0.717, 1.165) is 17.2 Å². The summed E-state index contributed by atoms with van der Waals surface area (Å²) in [4.78, 5) is 36.5. The lowest BCUT2D eigenvalue weighted by Crippen LogP contribution is -2.27. The topological polar surface area (TPSA) is 90.3 Å². The van der Waals surface area contributed by atoms with E-state index in [2.05, 4.69) is 10.4 Å². The number of esters is 1. The molecule has 0 saturated carbocycles. The number of benzene rings is 1. The van der Waals surface area contributed by atoms with Gasteiger partial charge in [0.15, 0.2) is 5.69 Å². The molecule has 26 heavy (non-hydrogen) atoms. The molecule has 1 aromatic carbocycles. The number of aromatic nitrogens is 2. The van der Waals surface area contributed by atoms with Crippen molar-refractivity contribution in [3.05, 3.63) is 52.2 Å². The molecular formula is C18H20FN3O4. The van der Waals surface area contributed by atoms with E-state index in [9.17, 15) is 18.8 Å². The first-order chi connectivity index (χ1) is 12.5. The first-order valence-electron chi connectivity index (χ1n) is 8.33. The van der Waals surface area contributed by atoms with Crippen LogP contribution in [-0.2, 0) is 9.53 Å². The quantitative estimate of drug-likeness (QED) is 0.766. The van der Waals surface area contributed by atoms with Crippen LogP contribution in [0.3, 0.4) is 0 Å². The first-order valence-corrected chi connectivity index (χ1v) is 8.33. The van der Waals surface area contributed by atoms with Crippen molar-refractivity contribution in [1.82, 2.24) is 9.78 Å². The van der Waals surface area contributed by atoms with Gasteiger partial charge in [0.05, 0.1) is 18.0 Å². The molecule has 1 aromatic heterocycles. The van der Waals surface area contributed by atoms with Crippen LogP contribution in [0.2, 0.25) is 0 Å². The second-order valence-corrected chi connectivity index (χ2v) is 5.51. The third-order valence-corrected chi connectivity index (χ3v) is 3.50. The normalized spacial score (nSPS) is 10.4. The molecule has 7 nitrogen and oxygen atoms in total. The van der Waals surface area contributed by atoms with Gasteiger partial charge in [-0.1, -0.05) is 13.3 Å². The molecule has 0 saturated heterocycles. The Morgan fingerprint density at radius 1 is 1.23 bits per heavy atom. The second-order valence-electron chi connectivity index (χ2n) is 5.51. The number of anilines is 1. The van der Waals surface area contributed by atoms with Gasteiger partial charge in [-0.2, -0.15) is 9.78 Å². The lowest BCUT2D eigenvalue weighted by Gasteiger charge is -2.12. The van der Waals surface area contributed by atoms with E-state index in [4.69, 9.17) is 4.74 Å². The minimum absolute atomic E-state index is 0.00656. The highest BCUT2D eigenvalue weighted by atomic mass is 19.1. The number of nitrogens with zero attached hydrogens (tertiary/aromatic N) is 2. The Morgan fingerprint density at radius 2 is 1.92 bits per heavy atom. The van der Waals surface area contributed by atoms with E-state index >= 15 is 0 Å². The summed E-state index contributed by atoms with van der Waals surface area (Å²) in [6, 6.07) is 6.17. The average Bonchev–Trinajstić information content (AvgIpc) is 2.61. The number of amides is 1. The van der Waals surface area contributed by atoms with Gasteiger partial charge in [0.25, 0.3) is 5.56 Å². The molecule has 1 heterocycles. The molecule has 0 spiro atoms. The zero-order valence-electron chi connectivity index (χ0n) is 14.6.